The van der Waals surface area contributed by atoms with Gasteiger partial charge in [-0.1, -0.05) is 18.2 Å². The SMILES string of the molecule is CCOc1ccc(/C=C/C(=O)OCC(=O)Nc2cccc(C(=O)OC)c2)cc1. The molecule has 146 valence electrons. The van der Waals surface area contributed by atoms with E-state index in [0.717, 1.165) is 11.3 Å². The highest BCUT2D eigenvalue weighted by Crippen LogP contribution is 2.13. The fourth-order valence-electron chi connectivity index (χ4n) is 2.23. The normalized spacial score (nSPS) is 10.4. The van der Waals surface area contributed by atoms with Crippen molar-refractivity contribution >= 4 is 29.6 Å². The van der Waals surface area contributed by atoms with Crippen LogP contribution in [0.15, 0.2) is 54.6 Å². The van der Waals surface area contributed by atoms with E-state index in [-0.39, 0.29) is 0 Å². The molecule has 0 spiro atoms. The second kappa shape index (κ2) is 10.5. The van der Waals surface area contributed by atoms with Gasteiger partial charge in [0, 0.05) is 11.8 Å². The average molecular weight is 383 g/mol. The standard InChI is InChI=1S/C21H21NO6/c1-3-27-18-10-7-15(8-11-18)9-12-20(24)28-14-19(23)22-17-6-4-5-16(13-17)21(25)26-2/h4-13H,3,14H2,1-2H3,(H,22,23)/b12-9+. The molecule has 0 bridgehead atoms. The van der Waals surface area contributed by atoms with Crippen LogP contribution in [0.1, 0.15) is 22.8 Å². The number of amides is 1. The second-order valence-electron chi connectivity index (χ2n) is 5.56. The smallest absolute Gasteiger partial charge is 0.337 e. The molecular weight excluding hydrogens is 362 g/mol. The van der Waals surface area contributed by atoms with E-state index in [1.807, 2.05) is 6.92 Å². The van der Waals surface area contributed by atoms with E-state index in [4.69, 9.17) is 9.47 Å². The van der Waals surface area contributed by atoms with Crippen molar-refractivity contribution < 1.29 is 28.6 Å². The number of nitrogens with one attached hydrogen (secondary N) is 1. The molecule has 0 saturated heterocycles. The molecule has 0 aliphatic carbocycles. The monoisotopic (exact) mass is 383 g/mol. The molecule has 7 nitrogen and oxygen atoms in total. The Morgan fingerprint density at radius 2 is 1.82 bits per heavy atom. The fraction of sp³-hybridized carbons (Fsp3) is 0.190. The third-order valence-electron chi connectivity index (χ3n) is 3.52. The lowest BCUT2D eigenvalue weighted by Gasteiger charge is -2.07. The van der Waals surface area contributed by atoms with Crippen LogP contribution in [0.2, 0.25) is 0 Å². The molecule has 2 rings (SSSR count). The highest BCUT2D eigenvalue weighted by molar-refractivity contribution is 5.96. The van der Waals surface area contributed by atoms with E-state index in [0.29, 0.717) is 17.9 Å². The van der Waals surface area contributed by atoms with Gasteiger partial charge in [-0.15, -0.1) is 0 Å². The quantitative estimate of drug-likeness (QED) is 0.556. The third kappa shape index (κ3) is 6.60. The first-order chi connectivity index (χ1) is 13.5. The number of carbonyl (C=O) groups is 3. The summed E-state index contributed by atoms with van der Waals surface area (Å²) < 4.78 is 14.9. The first-order valence-corrected chi connectivity index (χ1v) is 8.57. The molecule has 0 aliphatic rings. The predicted molar refractivity (Wildman–Crippen MR) is 104 cm³/mol. The lowest BCUT2D eigenvalue weighted by atomic mass is 10.2. The Morgan fingerprint density at radius 1 is 1.07 bits per heavy atom. The van der Waals surface area contributed by atoms with Gasteiger partial charge >= 0.3 is 11.9 Å². The second-order valence-corrected chi connectivity index (χ2v) is 5.56. The highest BCUT2D eigenvalue weighted by atomic mass is 16.5. The van der Waals surface area contributed by atoms with Gasteiger partial charge in [0.15, 0.2) is 6.61 Å². The van der Waals surface area contributed by atoms with Crippen molar-refractivity contribution in [1.82, 2.24) is 0 Å². The molecule has 1 N–H and O–H groups in total. The molecule has 0 aromatic heterocycles. The fourth-order valence-corrected chi connectivity index (χ4v) is 2.23. The Labute approximate surface area is 162 Å². The van der Waals surface area contributed by atoms with E-state index < -0.39 is 24.5 Å². The Kier molecular flexibility index (Phi) is 7.77. The molecule has 0 atom stereocenters. The maximum atomic E-state index is 11.9. The highest BCUT2D eigenvalue weighted by Gasteiger charge is 2.09. The number of esters is 2. The van der Waals surface area contributed by atoms with Crippen LogP contribution < -0.4 is 10.1 Å². The van der Waals surface area contributed by atoms with Gasteiger partial charge < -0.3 is 19.5 Å². The molecule has 0 heterocycles. The van der Waals surface area contributed by atoms with Crippen LogP contribution in [0.5, 0.6) is 5.75 Å². The number of benzene rings is 2. The van der Waals surface area contributed by atoms with Gasteiger partial charge in [-0.2, -0.15) is 0 Å². The maximum Gasteiger partial charge on any atom is 0.337 e. The minimum absolute atomic E-state index is 0.301. The van der Waals surface area contributed by atoms with E-state index in [9.17, 15) is 14.4 Å². The number of anilines is 1. The summed E-state index contributed by atoms with van der Waals surface area (Å²) in [5, 5.41) is 2.55. The number of rotatable bonds is 8. The number of ether oxygens (including phenoxy) is 3. The van der Waals surface area contributed by atoms with E-state index in [2.05, 4.69) is 10.1 Å². The lowest BCUT2D eigenvalue weighted by Crippen LogP contribution is -2.20. The van der Waals surface area contributed by atoms with Crippen molar-refractivity contribution in [3.05, 3.63) is 65.7 Å². The number of hydrogen-bond donors (Lipinski definition) is 1. The number of carbonyl (C=O) groups excluding carboxylic acids is 3. The predicted octanol–water partition coefficient (Wildman–Crippen LogP) is 3.07. The molecule has 28 heavy (non-hydrogen) atoms. The largest absolute Gasteiger partial charge is 0.494 e. The van der Waals surface area contributed by atoms with E-state index >= 15 is 0 Å². The van der Waals surface area contributed by atoms with Gasteiger partial charge in [0.25, 0.3) is 5.91 Å². The summed E-state index contributed by atoms with van der Waals surface area (Å²) in [5.74, 6) is -0.936. The summed E-state index contributed by atoms with van der Waals surface area (Å²) in [4.78, 5) is 35.1. The van der Waals surface area contributed by atoms with Gasteiger partial charge in [-0.3, -0.25) is 4.79 Å². The number of methoxy groups -OCH3 is 1. The molecule has 2 aromatic rings. The number of hydrogen-bond acceptors (Lipinski definition) is 6. The van der Waals surface area contributed by atoms with Gasteiger partial charge in [0.1, 0.15) is 5.75 Å². The van der Waals surface area contributed by atoms with Crippen molar-refractivity contribution in [2.75, 3.05) is 25.6 Å². The molecule has 0 saturated carbocycles. The zero-order valence-corrected chi connectivity index (χ0v) is 15.6. The Balaban J connectivity index is 1.82. The molecule has 0 radical (unpaired) electrons. The van der Waals surface area contributed by atoms with Crippen molar-refractivity contribution in [2.45, 2.75) is 6.92 Å². The summed E-state index contributed by atoms with van der Waals surface area (Å²) in [6.45, 7) is 2.03. The van der Waals surface area contributed by atoms with Gasteiger partial charge in [-0.05, 0) is 48.9 Å². The van der Waals surface area contributed by atoms with Crippen molar-refractivity contribution in [2.24, 2.45) is 0 Å². The Hall–Kier alpha value is -3.61. The first kappa shape index (κ1) is 20.7. The molecule has 1 amide bonds. The minimum atomic E-state index is -0.646. The van der Waals surface area contributed by atoms with Crippen LogP contribution in [0.25, 0.3) is 6.08 Å². The van der Waals surface area contributed by atoms with Crippen molar-refractivity contribution in [3.63, 3.8) is 0 Å². The van der Waals surface area contributed by atoms with Crippen LogP contribution in [-0.2, 0) is 19.1 Å². The summed E-state index contributed by atoms with van der Waals surface area (Å²) >= 11 is 0. The van der Waals surface area contributed by atoms with E-state index in [1.165, 1.54) is 19.3 Å². The summed E-state index contributed by atoms with van der Waals surface area (Å²) in [5.41, 5.74) is 1.49. The van der Waals surface area contributed by atoms with Crippen LogP contribution >= 0.6 is 0 Å². The Morgan fingerprint density at radius 3 is 2.50 bits per heavy atom. The Bertz CT molecular complexity index is 857. The zero-order chi connectivity index (χ0) is 20.4. The maximum absolute atomic E-state index is 11.9. The molecule has 0 unspecified atom stereocenters. The molecule has 0 aliphatic heterocycles. The molecule has 0 fully saturated rings. The van der Waals surface area contributed by atoms with Crippen LogP contribution in [0.4, 0.5) is 5.69 Å². The third-order valence-corrected chi connectivity index (χ3v) is 3.52. The lowest BCUT2D eigenvalue weighted by molar-refractivity contribution is -0.142. The van der Waals surface area contributed by atoms with Crippen LogP contribution in [-0.4, -0.2) is 38.2 Å². The minimum Gasteiger partial charge on any atom is -0.494 e. The molecular formula is C21H21NO6. The van der Waals surface area contributed by atoms with Crippen LogP contribution in [0.3, 0.4) is 0 Å². The van der Waals surface area contributed by atoms with Gasteiger partial charge in [-0.25, -0.2) is 9.59 Å². The molecule has 7 heteroatoms. The summed E-state index contributed by atoms with van der Waals surface area (Å²) in [6, 6.07) is 13.4. The van der Waals surface area contributed by atoms with E-state index in [1.54, 1.807) is 48.5 Å². The molecule has 2 aromatic carbocycles. The van der Waals surface area contributed by atoms with Gasteiger partial charge in [0.05, 0.1) is 19.3 Å². The van der Waals surface area contributed by atoms with Gasteiger partial charge in [0.2, 0.25) is 0 Å². The van der Waals surface area contributed by atoms with Crippen molar-refractivity contribution in [3.8, 4) is 5.75 Å². The zero-order valence-electron chi connectivity index (χ0n) is 15.6. The summed E-state index contributed by atoms with van der Waals surface area (Å²) in [6.07, 6.45) is 2.82. The van der Waals surface area contributed by atoms with Crippen LogP contribution in [0, 0.1) is 0 Å². The van der Waals surface area contributed by atoms with Crippen molar-refractivity contribution in [1.29, 1.82) is 0 Å². The summed E-state index contributed by atoms with van der Waals surface area (Å²) in [7, 11) is 1.27. The first-order valence-electron chi connectivity index (χ1n) is 8.57. The average Bonchev–Trinajstić information content (AvgIpc) is 2.71. The topological polar surface area (TPSA) is 90.9 Å².